The quantitative estimate of drug-likeness (QED) is 0.784. The van der Waals surface area contributed by atoms with Gasteiger partial charge in [-0.25, -0.2) is 4.98 Å². The first kappa shape index (κ1) is 11.3. The minimum Gasteiger partial charge on any atom is -0.369 e. The molecule has 94 valence electrons. The Bertz CT molecular complexity index is 677. The summed E-state index contributed by atoms with van der Waals surface area (Å²) in [6.07, 6.45) is 0.962. The van der Waals surface area contributed by atoms with Gasteiger partial charge >= 0.3 is 0 Å². The van der Waals surface area contributed by atoms with E-state index < -0.39 is 0 Å². The number of fused-ring (bicyclic) bond motifs is 1. The molecule has 0 aliphatic rings. The molecule has 0 unspecified atom stereocenters. The lowest BCUT2D eigenvalue weighted by atomic mass is 10.2. The second-order valence-corrected chi connectivity index (χ2v) is 5.16. The van der Waals surface area contributed by atoms with Gasteiger partial charge in [-0.3, -0.25) is 9.25 Å². The van der Waals surface area contributed by atoms with Crippen LogP contribution in [0, 0.1) is 6.92 Å². The van der Waals surface area contributed by atoms with Crippen molar-refractivity contribution >= 4 is 28.4 Å². The fraction of sp³-hybridized carbons (Fsp3) is 0.333. The van der Waals surface area contributed by atoms with E-state index in [9.17, 15) is 0 Å². The van der Waals surface area contributed by atoms with Crippen LogP contribution in [-0.2, 0) is 20.0 Å². The zero-order chi connectivity index (χ0) is 12.7. The molecule has 3 aromatic rings. The molecule has 0 aromatic carbocycles. The third-order valence-electron chi connectivity index (χ3n) is 3.12. The third-order valence-corrected chi connectivity index (χ3v) is 3.86. The van der Waals surface area contributed by atoms with Crippen molar-refractivity contribution in [3.05, 3.63) is 28.1 Å². The summed E-state index contributed by atoms with van der Waals surface area (Å²) in [5.74, 6) is 0.566. The van der Waals surface area contributed by atoms with Gasteiger partial charge in [0, 0.05) is 13.6 Å². The SMILES string of the molecule is Cc1nn(C)c2c1nc(N)n2CCc1ccsc1. The Morgan fingerprint density at radius 3 is 3.00 bits per heavy atom. The fourth-order valence-corrected chi connectivity index (χ4v) is 2.95. The van der Waals surface area contributed by atoms with Crippen LogP contribution in [-0.4, -0.2) is 19.3 Å². The molecule has 0 aliphatic heterocycles. The fourth-order valence-electron chi connectivity index (χ4n) is 2.25. The predicted octanol–water partition coefficient (Wildman–Crippen LogP) is 1.96. The Morgan fingerprint density at radius 1 is 1.44 bits per heavy atom. The minimum absolute atomic E-state index is 0.566. The van der Waals surface area contributed by atoms with Gasteiger partial charge in [0.2, 0.25) is 5.95 Å². The van der Waals surface area contributed by atoms with Crippen molar-refractivity contribution in [3.8, 4) is 0 Å². The van der Waals surface area contributed by atoms with Crippen molar-refractivity contribution in [3.63, 3.8) is 0 Å². The topological polar surface area (TPSA) is 61.7 Å². The molecular formula is C12H15N5S. The maximum atomic E-state index is 5.99. The Balaban J connectivity index is 1.98. The zero-order valence-electron chi connectivity index (χ0n) is 10.4. The number of imidazole rings is 1. The van der Waals surface area contributed by atoms with Crippen LogP contribution in [0.15, 0.2) is 16.8 Å². The highest BCUT2D eigenvalue weighted by molar-refractivity contribution is 7.07. The van der Waals surface area contributed by atoms with Crippen molar-refractivity contribution in [1.82, 2.24) is 19.3 Å². The molecule has 0 saturated heterocycles. The molecule has 2 N–H and O–H groups in total. The number of aryl methyl sites for hydroxylation is 4. The summed E-state index contributed by atoms with van der Waals surface area (Å²) in [5, 5.41) is 8.64. The van der Waals surface area contributed by atoms with Crippen molar-refractivity contribution in [2.24, 2.45) is 7.05 Å². The standard InChI is InChI=1S/C12H15N5S/c1-8-10-11(16(2)15-8)17(12(13)14-10)5-3-9-4-6-18-7-9/h4,6-7H,3,5H2,1-2H3,(H2,13,14). The molecule has 18 heavy (non-hydrogen) atoms. The second kappa shape index (κ2) is 4.13. The van der Waals surface area contributed by atoms with Gasteiger partial charge in [-0.1, -0.05) is 0 Å². The molecule has 0 spiro atoms. The highest BCUT2D eigenvalue weighted by Gasteiger charge is 2.15. The van der Waals surface area contributed by atoms with E-state index in [-0.39, 0.29) is 0 Å². The maximum absolute atomic E-state index is 5.99. The van der Waals surface area contributed by atoms with Gasteiger partial charge in [0.05, 0.1) is 5.69 Å². The average molecular weight is 261 g/mol. The van der Waals surface area contributed by atoms with Crippen molar-refractivity contribution in [2.75, 3.05) is 5.73 Å². The highest BCUT2D eigenvalue weighted by atomic mass is 32.1. The second-order valence-electron chi connectivity index (χ2n) is 4.38. The number of thiophene rings is 1. The van der Waals surface area contributed by atoms with Gasteiger partial charge in [-0.05, 0) is 35.7 Å². The lowest BCUT2D eigenvalue weighted by Gasteiger charge is -2.05. The number of nitrogens with two attached hydrogens (primary N) is 1. The van der Waals surface area contributed by atoms with E-state index in [1.54, 1.807) is 11.3 Å². The van der Waals surface area contributed by atoms with Gasteiger partial charge in [0.15, 0.2) is 5.65 Å². The first-order chi connectivity index (χ1) is 8.66. The van der Waals surface area contributed by atoms with E-state index in [1.165, 1.54) is 5.56 Å². The van der Waals surface area contributed by atoms with Gasteiger partial charge < -0.3 is 5.73 Å². The van der Waals surface area contributed by atoms with Gasteiger partial charge in [-0.2, -0.15) is 16.4 Å². The molecular weight excluding hydrogens is 246 g/mol. The van der Waals surface area contributed by atoms with Gasteiger partial charge in [-0.15, -0.1) is 0 Å². The van der Waals surface area contributed by atoms with E-state index >= 15 is 0 Å². The van der Waals surface area contributed by atoms with Crippen LogP contribution in [0.5, 0.6) is 0 Å². The Kier molecular flexibility index (Phi) is 2.59. The van der Waals surface area contributed by atoms with Crippen molar-refractivity contribution in [2.45, 2.75) is 19.9 Å². The van der Waals surface area contributed by atoms with E-state index in [0.717, 1.165) is 29.8 Å². The Hall–Kier alpha value is -1.82. The molecule has 3 heterocycles. The molecule has 0 amide bonds. The summed E-state index contributed by atoms with van der Waals surface area (Å²) >= 11 is 1.72. The van der Waals surface area contributed by atoms with Crippen LogP contribution >= 0.6 is 11.3 Å². The van der Waals surface area contributed by atoms with Crippen LogP contribution in [0.4, 0.5) is 5.95 Å². The maximum Gasteiger partial charge on any atom is 0.202 e. The summed E-state index contributed by atoms with van der Waals surface area (Å²) in [7, 11) is 1.93. The van der Waals surface area contributed by atoms with Crippen molar-refractivity contribution < 1.29 is 0 Å². The van der Waals surface area contributed by atoms with Crippen LogP contribution in [0.1, 0.15) is 11.3 Å². The van der Waals surface area contributed by atoms with E-state index in [0.29, 0.717) is 5.95 Å². The highest BCUT2D eigenvalue weighted by Crippen LogP contribution is 2.21. The predicted molar refractivity (Wildman–Crippen MR) is 73.7 cm³/mol. The number of hydrogen-bond donors (Lipinski definition) is 1. The van der Waals surface area contributed by atoms with Crippen molar-refractivity contribution in [1.29, 1.82) is 0 Å². The van der Waals surface area contributed by atoms with Crippen LogP contribution in [0.2, 0.25) is 0 Å². The molecule has 0 atom stereocenters. The largest absolute Gasteiger partial charge is 0.369 e. The summed E-state index contributed by atoms with van der Waals surface area (Å²) in [4.78, 5) is 4.39. The lowest BCUT2D eigenvalue weighted by molar-refractivity contribution is 0.680. The van der Waals surface area contributed by atoms with E-state index in [4.69, 9.17) is 5.73 Å². The van der Waals surface area contributed by atoms with Crippen LogP contribution < -0.4 is 5.73 Å². The molecule has 0 radical (unpaired) electrons. The first-order valence-electron chi connectivity index (χ1n) is 5.83. The Morgan fingerprint density at radius 2 is 2.28 bits per heavy atom. The van der Waals surface area contributed by atoms with Gasteiger partial charge in [0.25, 0.3) is 0 Å². The summed E-state index contributed by atoms with van der Waals surface area (Å²) in [6, 6.07) is 2.14. The zero-order valence-corrected chi connectivity index (χ0v) is 11.2. The molecule has 0 saturated carbocycles. The Labute approximate surface area is 109 Å². The number of nitrogens with zero attached hydrogens (tertiary/aromatic N) is 4. The number of rotatable bonds is 3. The number of nitrogen functional groups attached to an aromatic ring is 1. The first-order valence-corrected chi connectivity index (χ1v) is 6.77. The molecule has 0 fully saturated rings. The molecule has 0 aliphatic carbocycles. The summed E-state index contributed by atoms with van der Waals surface area (Å²) < 4.78 is 3.88. The normalized spacial score (nSPS) is 11.4. The van der Waals surface area contributed by atoms with Crippen LogP contribution in [0.3, 0.4) is 0 Å². The molecule has 6 heteroatoms. The monoisotopic (exact) mass is 261 g/mol. The summed E-state index contributed by atoms with van der Waals surface area (Å²) in [6.45, 7) is 2.79. The average Bonchev–Trinajstić information content (AvgIpc) is 2.98. The number of aromatic nitrogens is 4. The molecule has 0 bridgehead atoms. The molecule has 3 rings (SSSR count). The summed E-state index contributed by atoms with van der Waals surface area (Å²) in [5.41, 5.74) is 10.1. The third kappa shape index (κ3) is 1.69. The van der Waals surface area contributed by atoms with Gasteiger partial charge in [0.1, 0.15) is 5.52 Å². The van der Waals surface area contributed by atoms with E-state index in [2.05, 4.69) is 26.9 Å². The number of hydrogen-bond acceptors (Lipinski definition) is 4. The molecule has 5 nitrogen and oxygen atoms in total. The molecule has 3 aromatic heterocycles. The number of anilines is 1. The lowest BCUT2D eigenvalue weighted by Crippen LogP contribution is -2.08. The van der Waals surface area contributed by atoms with E-state index in [1.807, 2.05) is 23.2 Å². The van der Waals surface area contributed by atoms with Crippen LogP contribution in [0.25, 0.3) is 11.2 Å². The minimum atomic E-state index is 0.566. The smallest absolute Gasteiger partial charge is 0.202 e.